The highest BCUT2D eigenvalue weighted by atomic mass is 16.2. The summed E-state index contributed by atoms with van der Waals surface area (Å²) in [4.78, 5) is 25.0. The maximum Gasteiger partial charge on any atom is 0.255 e. The Labute approximate surface area is 127 Å². The fourth-order valence-electron chi connectivity index (χ4n) is 5.33. The highest BCUT2D eigenvalue weighted by Crippen LogP contribution is 2.58. The fourth-order valence-corrected chi connectivity index (χ4v) is 5.33. The van der Waals surface area contributed by atoms with E-state index >= 15 is 0 Å². The Morgan fingerprint density at radius 2 is 1.77 bits per heavy atom. The predicted octanol–water partition coefficient (Wildman–Crippen LogP) is -0.114. The summed E-state index contributed by atoms with van der Waals surface area (Å²) >= 11 is 0. The van der Waals surface area contributed by atoms with Crippen LogP contribution in [0.2, 0.25) is 0 Å². The highest BCUT2D eigenvalue weighted by Gasteiger charge is 2.64. The second-order valence-electron chi connectivity index (χ2n) is 7.13. The second-order valence-corrected chi connectivity index (χ2v) is 7.13. The Hall–Kier alpha value is -2.02. The number of hydrazone groups is 2. The second kappa shape index (κ2) is 3.84. The van der Waals surface area contributed by atoms with Crippen molar-refractivity contribution < 1.29 is 15.1 Å². The number of hydrogen-bond acceptors (Lipinski definition) is 4. The summed E-state index contributed by atoms with van der Waals surface area (Å²) in [5.41, 5.74) is 7.28. The lowest BCUT2D eigenvalue weighted by atomic mass is 9.50. The zero-order chi connectivity index (χ0) is 14.4. The minimum Gasteiger partial charge on any atom is -0.412 e. The molecular formula is C15H18N4O3. The number of amides is 2. The van der Waals surface area contributed by atoms with Crippen molar-refractivity contribution in [2.75, 3.05) is 0 Å². The summed E-state index contributed by atoms with van der Waals surface area (Å²) < 4.78 is 0. The van der Waals surface area contributed by atoms with Gasteiger partial charge in [-0.25, -0.2) is 10.9 Å². The van der Waals surface area contributed by atoms with Gasteiger partial charge in [0, 0.05) is 11.8 Å². The lowest BCUT2D eigenvalue weighted by Crippen LogP contribution is -2.57. The molecule has 4 atom stereocenters. The quantitative estimate of drug-likeness (QED) is 0.608. The van der Waals surface area contributed by atoms with Gasteiger partial charge in [0.05, 0.1) is 16.8 Å². The maximum atomic E-state index is 12.5. The molecule has 4 aliphatic carbocycles. The summed E-state index contributed by atoms with van der Waals surface area (Å²) in [7, 11) is 0. The largest absolute Gasteiger partial charge is 0.412 e. The molecule has 7 heteroatoms. The van der Waals surface area contributed by atoms with Crippen LogP contribution < -0.4 is 10.9 Å². The molecule has 0 saturated heterocycles. The van der Waals surface area contributed by atoms with Crippen molar-refractivity contribution in [2.24, 2.45) is 32.9 Å². The minimum atomic E-state index is -0.599. The van der Waals surface area contributed by atoms with Crippen LogP contribution in [0.25, 0.3) is 0 Å². The molecule has 6 rings (SSSR count). The Kier molecular flexibility index (Phi) is 2.38. The van der Waals surface area contributed by atoms with Crippen LogP contribution in [-0.4, -0.2) is 28.7 Å². The SMILES string of the molecule is C/C1=C/[C@@]23C[C@@H]4C[C@@H](C[C@@]5(C1)C(=O)NN=C45)C2=NNC3=O.O. The van der Waals surface area contributed by atoms with Gasteiger partial charge in [0.2, 0.25) is 0 Å². The van der Waals surface area contributed by atoms with Gasteiger partial charge in [-0.15, -0.1) is 0 Å². The van der Waals surface area contributed by atoms with Gasteiger partial charge < -0.3 is 5.48 Å². The van der Waals surface area contributed by atoms with Gasteiger partial charge >= 0.3 is 0 Å². The minimum absolute atomic E-state index is 0. The molecular weight excluding hydrogens is 284 g/mol. The number of nitrogens with one attached hydrogen (secondary N) is 2. The monoisotopic (exact) mass is 302 g/mol. The smallest absolute Gasteiger partial charge is 0.255 e. The number of nitrogens with zero attached hydrogens (tertiary/aromatic N) is 2. The molecule has 4 bridgehead atoms. The fraction of sp³-hybridized carbons (Fsp3) is 0.600. The summed E-state index contributed by atoms with van der Waals surface area (Å²) in [6.45, 7) is 2.01. The van der Waals surface area contributed by atoms with Crippen molar-refractivity contribution in [2.45, 2.75) is 32.6 Å². The van der Waals surface area contributed by atoms with Gasteiger partial charge in [-0.1, -0.05) is 11.6 Å². The first-order valence-electron chi connectivity index (χ1n) is 7.50. The molecule has 0 aromatic heterocycles. The molecule has 22 heavy (non-hydrogen) atoms. The Morgan fingerprint density at radius 1 is 1.09 bits per heavy atom. The van der Waals surface area contributed by atoms with Gasteiger partial charge in [0.25, 0.3) is 11.8 Å². The van der Waals surface area contributed by atoms with Gasteiger partial charge in [0.1, 0.15) is 5.41 Å². The number of hydrogen-bond donors (Lipinski definition) is 2. The van der Waals surface area contributed by atoms with E-state index in [2.05, 4.69) is 27.1 Å². The van der Waals surface area contributed by atoms with E-state index in [1.807, 2.05) is 6.92 Å². The van der Waals surface area contributed by atoms with E-state index in [0.29, 0.717) is 12.8 Å². The van der Waals surface area contributed by atoms with Gasteiger partial charge in [0.15, 0.2) is 0 Å². The average Bonchev–Trinajstić information content (AvgIpc) is 2.89. The van der Waals surface area contributed by atoms with Gasteiger partial charge in [-0.05, 0) is 32.6 Å². The maximum absolute atomic E-state index is 12.5. The number of carbonyl (C=O) groups excluding carboxylic acids is 2. The van der Waals surface area contributed by atoms with E-state index < -0.39 is 10.8 Å². The molecule has 2 fully saturated rings. The molecule has 0 aromatic rings. The van der Waals surface area contributed by atoms with E-state index in [1.54, 1.807) is 0 Å². The van der Waals surface area contributed by atoms with E-state index in [1.165, 1.54) is 0 Å². The molecule has 7 nitrogen and oxygen atoms in total. The van der Waals surface area contributed by atoms with Crippen LogP contribution in [-0.2, 0) is 9.59 Å². The molecule has 2 aliphatic heterocycles. The first kappa shape index (κ1) is 13.6. The molecule has 2 heterocycles. The normalized spacial score (nSPS) is 46.1. The lowest BCUT2D eigenvalue weighted by Gasteiger charge is -2.50. The lowest BCUT2D eigenvalue weighted by molar-refractivity contribution is -0.127. The van der Waals surface area contributed by atoms with Crippen LogP contribution in [0.15, 0.2) is 21.9 Å². The van der Waals surface area contributed by atoms with Crippen molar-refractivity contribution >= 4 is 23.2 Å². The summed E-state index contributed by atoms with van der Waals surface area (Å²) in [5, 5.41) is 8.70. The molecule has 0 aromatic carbocycles. The Morgan fingerprint density at radius 3 is 2.59 bits per heavy atom. The van der Waals surface area contributed by atoms with Crippen molar-refractivity contribution in [3.8, 4) is 0 Å². The van der Waals surface area contributed by atoms with Crippen LogP contribution in [0.4, 0.5) is 0 Å². The topological polar surface area (TPSA) is 114 Å². The third kappa shape index (κ3) is 1.27. The van der Waals surface area contributed by atoms with Crippen LogP contribution in [0.3, 0.4) is 0 Å². The third-order valence-corrected chi connectivity index (χ3v) is 5.92. The third-order valence-electron chi connectivity index (χ3n) is 5.92. The average molecular weight is 302 g/mol. The van der Waals surface area contributed by atoms with Gasteiger partial charge in [-0.2, -0.15) is 10.2 Å². The molecule has 2 amide bonds. The van der Waals surface area contributed by atoms with Gasteiger partial charge in [-0.3, -0.25) is 9.59 Å². The van der Waals surface area contributed by atoms with Crippen LogP contribution in [0.1, 0.15) is 32.6 Å². The van der Waals surface area contributed by atoms with E-state index in [0.717, 1.165) is 29.8 Å². The van der Waals surface area contributed by atoms with Crippen molar-refractivity contribution in [3.63, 3.8) is 0 Å². The van der Waals surface area contributed by atoms with Crippen molar-refractivity contribution in [3.05, 3.63) is 11.6 Å². The molecule has 0 radical (unpaired) electrons. The van der Waals surface area contributed by atoms with E-state index in [9.17, 15) is 9.59 Å². The summed E-state index contributed by atoms with van der Waals surface area (Å²) in [6.07, 6.45) is 5.12. The Balaban J connectivity index is 0.00000125. The van der Waals surface area contributed by atoms with E-state index in [-0.39, 0.29) is 29.1 Å². The molecule has 116 valence electrons. The summed E-state index contributed by atoms with van der Waals surface area (Å²) in [5.74, 6) is 0.413. The van der Waals surface area contributed by atoms with Crippen molar-refractivity contribution in [1.82, 2.24) is 10.9 Å². The zero-order valence-corrected chi connectivity index (χ0v) is 12.3. The molecule has 2 spiro atoms. The van der Waals surface area contributed by atoms with Crippen LogP contribution in [0, 0.1) is 22.7 Å². The molecule has 0 unspecified atom stereocenters. The number of rotatable bonds is 0. The first-order valence-corrected chi connectivity index (χ1v) is 7.50. The van der Waals surface area contributed by atoms with Crippen LogP contribution >= 0.6 is 0 Å². The molecule has 2 saturated carbocycles. The standard InChI is InChI=1S/C15H16N4O2.H2O/c1-7-3-14-5-8-2-9(10(14)16-18-12(14)20)6-15(4-7)11(8)17-19-13(15)21;/h3,8-9H,2,4-6H2,1H3,(H,18,20)(H,19,21);1H2/b7-3-;/t8-,9-,14+,15+;/m0./s1. The summed E-state index contributed by atoms with van der Waals surface area (Å²) in [6, 6.07) is 0. The first-order chi connectivity index (χ1) is 10.1. The Bertz CT molecular complexity index is 710. The van der Waals surface area contributed by atoms with E-state index in [4.69, 9.17) is 0 Å². The van der Waals surface area contributed by atoms with Crippen LogP contribution in [0.5, 0.6) is 0 Å². The number of fused-ring (bicyclic) bond motifs is 1. The van der Waals surface area contributed by atoms with Crippen molar-refractivity contribution in [1.29, 1.82) is 0 Å². The number of allylic oxidation sites excluding steroid dienone is 1. The molecule has 4 N–H and O–H groups in total. The molecule has 6 aliphatic rings. The number of carbonyl (C=O) groups is 2. The predicted molar refractivity (Wildman–Crippen MR) is 78.8 cm³/mol. The highest BCUT2D eigenvalue weighted by molar-refractivity contribution is 6.21. The zero-order valence-electron chi connectivity index (χ0n) is 12.3.